The lowest BCUT2D eigenvalue weighted by Gasteiger charge is -2.35. The maximum Gasteiger partial charge on any atom is 0.253 e. The lowest BCUT2D eigenvalue weighted by Crippen LogP contribution is -2.52. The number of carbonyl (C=O) groups excluding carboxylic acids is 2. The Morgan fingerprint density at radius 2 is 2.00 bits per heavy atom. The number of nitrogens with one attached hydrogen (secondary N) is 2. The quantitative estimate of drug-likeness (QED) is 0.866. The van der Waals surface area contributed by atoms with Crippen LogP contribution in [-0.2, 0) is 4.79 Å². The average molecular weight is 364 g/mol. The van der Waals surface area contributed by atoms with E-state index in [1.807, 2.05) is 0 Å². The Kier molecular flexibility index (Phi) is 5.97. The topological polar surface area (TPSA) is 61.4 Å². The van der Waals surface area contributed by atoms with Crippen molar-refractivity contribution in [1.82, 2.24) is 15.5 Å². The summed E-state index contributed by atoms with van der Waals surface area (Å²) in [5.74, 6) is 0.386. The van der Waals surface area contributed by atoms with Crippen molar-refractivity contribution >= 4 is 23.4 Å². The van der Waals surface area contributed by atoms with Crippen molar-refractivity contribution < 1.29 is 9.59 Å². The molecule has 5 nitrogen and oxygen atoms in total. The summed E-state index contributed by atoms with van der Waals surface area (Å²) in [5, 5.41) is 7.17. The van der Waals surface area contributed by atoms with E-state index < -0.39 is 0 Å². The molecule has 1 aromatic carbocycles. The lowest BCUT2D eigenvalue weighted by atomic mass is 9.92. The summed E-state index contributed by atoms with van der Waals surface area (Å²) in [7, 11) is 0. The monoisotopic (exact) mass is 363 g/mol. The standard InChI is InChI=1S/C19H26ClN3O2/c1-13-11-21-9-8-17(13)22-18(24)15-3-2-10-23(12-15)19(25)14-4-6-16(20)7-5-14/h4-7,13,15,17,21H,2-3,8-12H2,1H3,(H,22,24). The van der Waals surface area contributed by atoms with Crippen molar-refractivity contribution in [2.75, 3.05) is 26.2 Å². The second-order valence-corrected chi connectivity index (χ2v) is 7.62. The lowest BCUT2D eigenvalue weighted by molar-refractivity contribution is -0.127. The second-order valence-electron chi connectivity index (χ2n) is 7.18. The van der Waals surface area contributed by atoms with Crippen molar-refractivity contribution in [3.05, 3.63) is 34.9 Å². The number of carbonyl (C=O) groups is 2. The van der Waals surface area contributed by atoms with Gasteiger partial charge in [0.25, 0.3) is 5.91 Å². The van der Waals surface area contributed by atoms with E-state index in [-0.39, 0.29) is 23.8 Å². The molecule has 2 saturated heterocycles. The van der Waals surface area contributed by atoms with Gasteiger partial charge in [0.1, 0.15) is 0 Å². The normalized spacial score (nSPS) is 27.0. The first-order valence-corrected chi connectivity index (χ1v) is 9.48. The summed E-state index contributed by atoms with van der Waals surface area (Å²) < 4.78 is 0. The third kappa shape index (κ3) is 4.53. The summed E-state index contributed by atoms with van der Waals surface area (Å²) >= 11 is 5.89. The van der Waals surface area contributed by atoms with Crippen LogP contribution in [0.15, 0.2) is 24.3 Å². The molecule has 1 aromatic rings. The van der Waals surface area contributed by atoms with Crippen LogP contribution in [0.5, 0.6) is 0 Å². The number of hydrogen-bond donors (Lipinski definition) is 2. The molecule has 25 heavy (non-hydrogen) atoms. The van der Waals surface area contributed by atoms with E-state index in [1.165, 1.54) is 0 Å². The minimum atomic E-state index is -0.118. The molecule has 0 saturated carbocycles. The van der Waals surface area contributed by atoms with E-state index in [9.17, 15) is 9.59 Å². The Morgan fingerprint density at radius 1 is 1.24 bits per heavy atom. The largest absolute Gasteiger partial charge is 0.353 e. The molecule has 2 N–H and O–H groups in total. The molecule has 0 aromatic heterocycles. The Bertz CT molecular complexity index is 620. The van der Waals surface area contributed by atoms with Gasteiger partial charge in [-0.3, -0.25) is 9.59 Å². The third-order valence-electron chi connectivity index (χ3n) is 5.28. The van der Waals surface area contributed by atoms with E-state index in [2.05, 4.69) is 17.6 Å². The van der Waals surface area contributed by atoms with Gasteiger partial charge in [-0.2, -0.15) is 0 Å². The van der Waals surface area contributed by atoms with Crippen LogP contribution >= 0.6 is 11.6 Å². The van der Waals surface area contributed by atoms with Crippen LogP contribution in [-0.4, -0.2) is 48.9 Å². The number of nitrogens with zero attached hydrogens (tertiary/aromatic N) is 1. The van der Waals surface area contributed by atoms with E-state index in [1.54, 1.807) is 29.2 Å². The molecule has 2 heterocycles. The van der Waals surface area contributed by atoms with E-state index in [4.69, 9.17) is 11.6 Å². The highest BCUT2D eigenvalue weighted by Gasteiger charge is 2.31. The molecule has 0 bridgehead atoms. The van der Waals surface area contributed by atoms with Crippen molar-refractivity contribution in [3.63, 3.8) is 0 Å². The van der Waals surface area contributed by atoms with Gasteiger partial charge in [0, 0.05) is 29.7 Å². The van der Waals surface area contributed by atoms with Crippen LogP contribution in [0.4, 0.5) is 0 Å². The number of halogens is 1. The van der Waals surface area contributed by atoms with Crippen molar-refractivity contribution in [1.29, 1.82) is 0 Å². The van der Waals surface area contributed by atoms with Gasteiger partial charge in [0.15, 0.2) is 0 Å². The second kappa shape index (κ2) is 8.19. The molecule has 0 spiro atoms. The van der Waals surface area contributed by atoms with Gasteiger partial charge in [0.2, 0.25) is 5.91 Å². The number of piperidine rings is 2. The van der Waals surface area contributed by atoms with Gasteiger partial charge >= 0.3 is 0 Å². The van der Waals surface area contributed by atoms with E-state index >= 15 is 0 Å². The highest BCUT2D eigenvalue weighted by molar-refractivity contribution is 6.30. The molecule has 136 valence electrons. The fourth-order valence-corrected chi connectivity index (χ4v) is 3.81. The molecular weight excluding hydrogens is 338 g/mol. The zero-order valence-electron chi connectivity index (χ0n) is 14.6. The fourth-order valence-electron chi connectivity index (χ4n) is 3.68. The molecular formula is C19H26ClN3O2. The molecule has 2 amide bonds. The summed E-state index contributed by atoms with van der Waals surface area (Å²) in [6.07, 6.45) is 2.67. The van der Waals surface area contributed by atoms with Gasteiger partial charge in [-0.15, -0.1) is 0 Å². The first-order chi connectivity index (χ1) is 12.0. The fraction of sp³-hybridized carbons (Fsp3) is 0.579. The first kappa shape index (κ1) is 18.2. The van der Waals surface area contributed by atoms with Gasteiger partial charge in [-0.1, -0.05) is 18.5 Å². The van der Waals surface area contributed by atoms with E-state index in [0.29, 0.717) is 29.6 Å². The van der Waals surface area contributed by atoms with Crippen LogP contribution in [0, 0.1) is 11.8 Å². The minimum Gasteiger partial charge on any atom is -0.353 e. The smallest absolute Gasteiger partial charge is 0.253 e. The van der Waals surface area contributed by atoms with Crippen LogP contribution in [0.1, 0.15) is 36.5 Å². The molecule has 0 aliphatic carbocycles. The Morgan fingerprint density at radius 3 is 2.72 bits per heavy atom. The van der Waals surface area contributed by atoms with Gasteiger partial charge in [-0.05, 0) is 62.5 Å². The SMILES string of the molecule is CC1CNCCC1NC(=O)C1CCCN(C(=O)c2ccc(Cl)cc2)C1. The molecule has 3 unspecified atom stereocenters. The summed E-state index contributed by atoms with van der Waals surface area (Å²) in [6, 6.07) is 7.16. The number of benzene rings is 1. The number of amides is 2. The zero-order valence-corrected chi connectivity index (χ0v) is 15.4. The predicted octanol–water partition coefficient (Wildman–Crippen LogP) is 2.31. The molecule has 2 aliphatic heterocycles. The van der Waals surface area contributed by atoms with Crippen LogP contribution in [0.2, 0.25) is 5.02 Å². The highest BCUT2D eigenvalue weighted by Crippen LogP contribution is 2.21. The van der Waals surface area contributed by atoms with Gasteiger partial charge in [0.05, 0.1) is 5.92 Å². The number of likely N-dealkylation sites (tertiary alicyclic amines) is 1. The number of rotatable bonds is 3. The molecule has 2 fully saturated rings. The van der Waals surface area contributed by atoms with E-state index in [0.717, 1.165) is 32.4 Å². The van der Waals surface area contributed by atoms with Crippen LogP contribution < -0.4 is 10.6 Å². The molecule has 3 atom stereocenters. The highest BCUT2D eigenvalue weighted by atomic mass is 35.5. The molecule has 3 rings (SSSR count). The minimum absolute atomic E-state index is 0.0237. The Hall–Kier alpha value is -1.59. The Labute approximate surface area is 154 Å². The summed E-state index contributed by atoms with van der Waals surface area (Å²) in [5.41, 5.74) is 0.623. The predicted molar refractivity (Wildman–Crippen MR) is 98.7 cm³/mol. The molecule has 2 aliphatic rings. The molecule has 0 radical (unpaired) electrons. The van der Waals surface area contributed by atoms with Crippen LogP contribution in [0.3, 0.4) is 0 Å². The Balaban J connectivity index is 1.59. The molecule has 6 heteroatoms. The average Bonchev–Trinajstić information content (AvgIpc) is 2.64. The van der Waals surface area contributed by atoms with Crippen molar-refractivity contribution in [2.45, 2.75) is 32.2 Å². The summed E-state index contributed by atoms with van der Waals surface area (Å²) in [6.45, 7) is 5.24. The van der Waals surface area contributed by atoms with Crippen molar-refractivity contribution in [2.24, 2.45) is 11.8 Å². The van der Waals surface area contributed by atoms with Crippen LogP contribution in [0.25, 0.3) is 0 Å². The third-order valence-corrected chi connectivity index (χ3v) is 5.54. The first-order valence-electron chi connectivity index (χ1n) is 9.10. The van der Waals surface area contributed by atoms with Gasteiger partial charge < -0.3 is 15.5 Å². The van der Waals surface area contributed by atoms with Gasteiger partial charge in [-0.25, -0.2) is 0 Å². The maximum atomic E-state index is 12.7. The maximum absolute atomic E-state index is 12.7. The number of hydrogen-bond acceptors (Lipinski definition) is 3. The zero-order chi connectivity index (χ0) is 17.8. The summed E-state index contributed by atoms with van der Waals surface area (Å²) in [4.78, 5) is 27.1. The van der Waals surface area contributed by atoms with Crippen molar-refractivity contribution in [3.8, 4) is 0 Å².